The molecule has 2 aliphatic rings. The fourth-order valence-corrected chi connectivity index (χ4v) is 3.02. The van der Waals surface area contributed by atoms with Crippen LogP contribution >= 0.6 is 0 Å². The van der Waals surface area contributed by atoms with Gasteiger partial charge in [-0.05, 0) is 43.5 Å². The highest BCUT2D eigenvalue weighted by Crippen LogP contribution is 2.33. The molecule has 0 radical (unpaired) electrons. The highest BCUT2D eigenvalue weighted by Gasteiger charge is 2.30. The second kappa shape index (κ2) is 5.63. The standard InChI is InChI=1S/C15H19N3O2/c19-14-15(20)18(10-9-17-14)13-4-2-1-3-12(13)11-5-7-16-8-6-11/h1-4,11,16H,5-10H2,(H,17,19). The van der Waals surface area contributed by atoms with Gasteiger partial charge in [-0.2, -0.15) is 0 Å². The number of nitrogens with zero attached hydrogens (tertiary/aromatic N) is 1. The average Bonchev–Trinajstić information content (AvgIpc) is 2.51. The lowest BCUT2D eigenvalue weighted by Crippen LogP contribution is -2.52. The maximum atomic E-state index is 12.1. The van der Waals surface area contributed by atoms with Gasteiger partial charge in [-0.15, -0.1) is 0 Å². The maximum absolute atomic E-state index is 12.1. The Labute approximate surface area is 118 Å². The van der Waals surface area contributed by atoms with Gasteiger partial charge in [0.15, 0.2) is 0 Å². The second-order valence-electron chi connectivity index (χ2n) is 5.30. The highest BCUT2D eigenvalue weighted by molar-refractivity contribution is 6.41. The summed E-state index contributed by atoms with van der Waals surface area (Å²) in [5.41, 5.74) is 2.09. The summed E-state index contributed by atoms with van der Waals surface area (Å²) in [4.78, 5) is 25.2. The molecule has 20 heavy (non-hydrogen) atoms. The molecular formula is C15H19N3O2. The topological polar surface area (TPSA) is 61.4 Å². The number of hydrogen-bond acceptors (Lipinski definition) is 3. The second-order valence-corrected chi connectivity index (χ2v) is 5.30. The number of piperazine rings is 1. The number of amides is 2. The van der Waals surface area contributed by atoms with E-state index in [-0.39, 0.29) is 0 Å². The Bertz CT molecular complexity index is 524. The SMILES string of the molecule is O=C1NCCN(c2ccccc2C2CCNCC2)C1=O. The molecule has 0 spiro atoms. The van der Waals surface area contributed by atoms with E-state index in [0.717, 1.165) is 31.6 Å². The third kappa shape index (κ3) is 2.41. The lowest BCUT2D eigenvalue weighted by Gasteiger charge is -2.31. The first kappa shape index (κ1) is 13.1. The summed E-state index contributed by atoms with van der Waals surface area (Å²) in [7, 11) is 0. The predicted molar refractivity (Wildman–Crippen MR) is 76.6 cm³/mol. The number of hydrogen-bond donors (Lipinski definition) is 2. The Kier molecular flexibility index (Phi) is 3.69. The smallest absolute Gasteiger partial charge is 0.316 e. The fraction of sp³-hybridized carbons (Fsp3) is 0.467. The molecule has 0 unspecified atom stereocenters. The van der Waals surface area contributed by atoms with E-state index >= 15 is 0 Å². The number of carbonyl (C=O) groups is 2. The van der Waals surface area contributed by atoms with E-state index in [1.54, 1.807) is 4.90 Å². The minimum atomic E-state index is -0.503. The molecule has 0 aromatic heterocycles. The summed E-state index contributed by atoms with van der Waals surface area (Å²) in [6, 6.07) is 7.98. The van der Waals surface area contributed by atoms with Gasteiger partial charge in [-0.1, -0.05) is 18.2 Å². The van der Waals surface area contributed by atoms with Crippen LogP contribution in [-0.2, 0) is 9.59 Å². The van der Waals surface area contributed by atoms with Crippen molar-refractivity contribution in [2.24, 2.45) is 0 Å². The van der Waals surface area contributed by atoms with Crippen molar-refractivity contribution in [3.05, 3.63) is 29.8 Å². The van der Waals surface area contributed by atoms with Crippen LogP contribution in [0.1, 0.15) is 24.3 Å². The van der Waals surface area contributed by atoms with Crippen LogP contribution < -0.4 is 15.5 Å². The van der Waals surface area contributed by atoms with E-state index in [0.29, 0.717) is 19.0 Å². The molecule has 2 N–H and O–H groups in total. The fourth-order valence-electron chi connectivity index (χ4n) is 3.02. The van der Waals surface area contributed by atoms with Crippen LogP contribution in [0, 0.1) is 0 Å². The van der Waals surface area contributed by atoms with Gasteiger partial charge in [0.25, 0.3) is 0 Å². The molecule has 1 aromatic carbocycles. The maximum Gasteiger partial charge on any atom is 0.316 e. The van der Waals surface area contributed by atoms with Gasteiger partial charge in [-0.25, -0.2) is 0 Å². The van der Waals surface area contributed by atoms with Crippen molar-refractivity contribution in [3.8, 4) is 0 Å². The summed E-state index contributed by atoms with van der Waals surface area (Å²) in [5.74, 6) is -0.487. The Balaban J connectivity index is 1.92. The van der Waals surface area contributed by atoms with Crippen molar-refractivity contribution in [1.82, 2.24) is 10.6 Å². The molecule has 2 aliphatic heterocycles. The number of rotatable bonds is 2. The molecule has 106 valence electrons. The molecule has 2 amide bonds. The van der Waals surface area contributed by atoms with Crippen LogP contribution in [0.25, 0.3) is 0 Å². The minimum absolute atomic E-state index is 0.447. The van der Waals surface area contributed by atoms with Crippen LogP contribution in [0.15, 0.2) is 24.3 Å². The molecule has 0 atom stereocenters. The van der Waals surface area contributed by atoms with E-state index in [1.165, 1.54) is 5.56 Å². The number of para-hydroxylation sites is 1. The molecule has 0 saturated carbocycles. The lowest BCUT2D eigenvalue weighted by molar-refractivity contribution is -0.138. The zero-order chi connectivity index (χ0) is 13.9. The van der Waals surface area contributed by atoms with E-state index in [1.807, 2.05) is 18.2 Å². The molecule has 2 fully saturated rings. The molecule has 1 aromatic rings. The van der Waals surface area contributed by atoms with Gasteiger partial charge in [0.1, 0.15) is 0 Å². The van der Waals surface area contributed by atoms with Gasteiger partial charge < -0.3 is 15.5 Å². The largest absolute Gasteiger partial charge is 0.346 e. The quantitative estimate of drug-likeness (QED) is 0.776. The lowest BCUT2D eigenvalue weighted by atomic mass is 9.88. The minimum Gasteiger partial charge on any atom is -0.346 e. The number of nitrogens with one attached hydrogen (secondary N) is 2. The van der Waals surface area contributed by atoms with Crippen molar-refractivity contribution in [2.75, 3.05) is 31.1 Å². The van der Waals surface area contributed by atoms with Crippen molar-refractivity contribution in [3.63, 3.8) is 0 Å². The Morgan fingerprint density at radius 2 is 1.80 bits per heavy atom. The molecule has 2 heterocycles. The van der Waals surface area contributed by atoms with Crippen LogP contribution in [0.5, 0.6) is 0 Å². The number of benzene rings is 1. The van der Waals surface area contributed by atoms with Crippen molar-refractivity contribution in [1.29, 1.82) is 0 Å². The van der Waals surface area contributed by atoms with Gasteiger partial charge in [0.05, 0.1) is 0 Å². The monoisotopic (exact) mass is 273 g/mol. The first-order valence-corrected chi connectivity index (χ1v) is 7.16. The third-order valence-corrected chi connectivity index (χ3v) is 4.07. The molecule has 5 heteroatoms. The molecule has 5 nitrogen and oxygen atoms in total. The highest BCUT2D eigenvalue weighted by atomic mass is 16.2. The predicted octanol–water partition coefficient (Wildman–Crippen LogP) is 0.616. The zero-order valence-corrected chi connectivity index (χ0v) is 11.4. The molecule has 2 saturated heterocycles. The summed E-state index contributed by atoms with van der Waals surface area (Å²) in [6.07, 6.45) is 2.15. The van der Waals surface area contributed by atoms with Crippen molar-refractivity contribution >= 4 is 17.5 Å². The first-order chi connectivity index (χ1) is 9.77. The van der Waals surface area contributed by atoms with Gasteiger partial charge in [0.2, 0.25) is 0 Å². The summed E-state index contributed by atoms with van der Waals surface area (Å²) in [6.45, 7) is 3.08. The van der Waals surface area contributed by atoms with E-state index < -0.39 is 11.8 Å². The average molecular weight is 273 g/mol. The van der Waals surface area contributed by atoms with Gasteiger partial charge in [0, 0.05) is 18.8 Å². The van der Waals surface area contributed by atoms with Crippen LogP contribution in [0.3, 0.4) is 0 Å². The Morgan fingerprint density at radius 1 is 1.05 bits per heavy atom. The molecular weight excluding hydrogens is 254 g/mol. The normalized spacial score (nSPS) is 20.9. The molecule has 0 aliphatic carbocycles. The van der Waals surface area contributed by atoms with Gasteiger partial charge in [-0.3, -0.25) is 9.59 Å². The van der Waals surface area contributed by atoms with Crippen molar-refractivity contribution < 1.29 is 9.59 Å². The first-order valence-electron chi connectivity index (χ1n) is 7.16. The van der Waals surface area contributed by atoms with E-state index in [4.69, 9.17) is 0 Å². The van der Waals surface area contributed by atoms with Crippen LogP contribution in [0.4, 0.5) is 5.69 Å². The Morgan fingerprint density at radius 3 is 2.60 bits per heavy atom. The van der Waals surface area contributed by atoms with Crippen LogP contribution in [0.2, 0.25) is 0 Å². The zero-order valence-electron chi connectivity index (χ0n) is 11.4. The van der Waals surface area contributed by atoms with Crippen LogP contribution in [-0.4, -0.2) is 38.0 Å². The van der Waals surface area contributed by atoms with Crippen molar-refractivity contribution in [2.45, 2.75) is 18.8 Å². The molecule has 3 rings (SSSR count). The van der Waals surface area contributed by atoms with Gasteiger partial charge >= 0.3 is 11.8 Å². The third-order valence-electron chi connectivity index (χ3n) is 4.07. The number of carbonyl (C=O) groups excluding carboxylic acids is 2. The van der Waals surface area contributed by atoms with E-state index in [9.17, 15) is 9.59 Å². The molecule has 0 bridgehead atoms. The number of piperidine rings is 1. The Hall–Kier alpha value is -1.88. The summed E-state index contributed by atoms with van der Waals surface area (Å²) >= 11 is 0. The summed E-state index contributed by atoms with van der Waals surface area (Å²) < 4.78 is 0. The van der Waals surface area contributed by atoms with E-state index in [2.05, 4.69) is 16.7 Å². The summed E-state index contributed by atoms with van der Waals surface area (Å²) in [5, 5.41) is 5.95. The number of anilines is 1.